The molecule has 0 heterocycles. The van der Waals surface area contributed by atoms with E-state index in [0.717, 1.165) is 12.1 Å². The highest BCUT2D eigenvalue weighted by Crippen LogP contribution is 2.15. The molecule has 0 spiro atoms. The largest absolute Gasteiger partial charge is 0.272 e. The van der Waals surface area contributed by atoms with Crippen molar-refractivity contribution in [1.29, 1.82) is 0 Å². The van der Waals surface area contributed by atoms with Gasteiger partial charge in [-0.1, -0.05) is 22.0 Å². The second kappa shape index (κ2) is 6.97. The number of nitro benzene ring substituents is 1. The maximum atomic E-state index is 13.6. The van der Waals surface area contributed by atoms with Gasteiger partial charge in [-0.15, -0.1) is 0 Å². The molecule has 0 unspecified atom stereocenters. The fraction of sp³-hybridized carbons (Fsp3) is 0. The summed E-state index contributed by atoms with van der Waals surface area (Å²) in [5, 5.41) is 10.7. The predicted octanol–water partition coefficient (Wildman–Crippen LogP) is 2.57. The summed E-state index contributed by atoms with van der Waals surface area (Å²) >= 11 is 3.06. The van der Waals surface area contributed by atoms with Crippen molar-refractivity contribution in [2.45, 2.75) is 0 Å². The van der Waals surface area contributed by atoms with E-state index in [0.29, 0.717) is 4.47 Å². The van der Waals surface area contributed by atoms with Crippen molar-refractivity contribution in [3.63, 3.8) is 0 Å². The highest BCUT2D eigenvalue weighted by molar-refractivity contribution is 9.10. The summed E-state index contributed by atoms with van der Waals surface area (Å²) in [6.07, 6.45) is 0. The van der Waals surface area contributed by atoms with Crippen molar-refractivity contribution < 1.29 is 18.9 Å². The summed E-state index contributed by atoms with van der Waals surface area (Å²) in [7, 11) is 0. The number of rotatable bonds is 3. The molecular formula is C14H9BrFN3O4. The number of nitrogens with zero attached hydrogens (tertiary/aromatic N) is 1. The van der Waals surface area contributed by atoms with E-state index in [1.165, 1.54) is 30.3 Å². The van der Waals surface area contributed by atoms with Crippen LogP contribution in [0.2, 0.25) is 0 Å². The SMILES string of the molecule is O=C(NNC(=O)c1ccc(Br)cc1F)c1cccc([N+](=O)[O-])c1. The standard InChI is InChI=1S/C14H9BrFN3O4/c15-9-4-5-11(12(16)7-9)14(21)18-17-13(20)8-2-1-3-10(6-8)19(22)23/h1-7H,(H,17,20)(H,18,21). The second-order valence-electron chi connectivity index (χ2n) is 4.34. The minimum atomic E-state index is -0.853. The van der Waals surface area contributed by atoms with Gasteiger partial charge in [0.25, 0.3) is 17.5 Å². The Balaban J connectivity index is 2.05. The zero-order chi connectivity index (χ0) is 17.0. The number of non-ortho nitro benzene ring substituents is 1. The molecule has 0 fully saturated rings. The molecule has 0 bridgehead atoms. The van der Waals surface area contributed by atoms with Gasteiger partial charge in [-0.2, -0.15) is 0 Å². The van der Waals surface area contributed by atoms with Crippen LogP contribution in [0.4, 0.5) is 10.1 Å². The van der Waals surface area contributed by atoms with Gasteiger partial charge in [0.1, 0.15) is 5.82 Å². The summed E-state index contributed by atoms with van der Waals surface area (Å²) in [4.78, 5) is 33.6. The van der Waals surface area contributed by atoms with E-state index in [1.807, 2.05) is 5.43 Å². The number of nitrogens with one attached hydrogen (secondary N) is 2. The number of benzene rings is 2. The summed E-state index contributed by atoms with van der Waals surface area (Å²) in [6.45, 7) is 0. The third-order valence-electron chi connectivity index (χ3n) is 2.78. The number of nitro groups is 1. The first-order valence-corrected chi connectivity index (χ1v) is 6.98. The van der Waals surface area contributed by atoms with Gasteiger partial charge in [0.15, 0.2) is 0 Å². The van der Waals surface area contributed by atoms with Crippen molar-refractivity contribution in [3.05, 3.63) is 74.0 Å². The van der Waals surface area contributed by atoms with Crippen LogP contribution >= 0.6 is 15.9 Å². The van der Waals surface area contributed by atoms with Gasteiger partial charge >= 0.3 is 0 Å². The number of hydrogen-bond donors (Lipinski definition) is 2. The summed E-state index contributed by atoms with van der Waals surface area (Å²) in [6, 6.07) is 8.79. The van der Waals surface area contributed by atoms with Crippen LogP contribution in [-0.4, -0.2) is 16.7 Å². The molecule has 0 aliphatic heterocycles. The van der Waals surface area contributed by atoms with Crippen molar-refractivity contribution in [3.8, 4) is 0 Å². The van der Waals surface area contributed by atoms with Crippen LogP contribution in [0.15, 0.2) is 46.9 Å². The minimum absolute atomic E-state index is 0.0178. The maximum absolute atomic E-state index is 13.6. The van der Waals surface area contributed by atoms with Gasteiger partial charge in [-0.05, 0) is 24.3 Å². The van der Waals surface area contributed by atoms with Crippen LogP contribution in [0, 0.1) is 15.9 Å². The number of amides is 2. The van der Waals surface area contributed by atoms with Crippen LogP contribution in [0.1, 0.15) is 20.7 Å². The third-order valence-corrected chi connectivity index (χ3v) is 3.28. The second-order valence-corrected chi connectivity index (χ2v) is 5.26. The minimum Gasteiger partial charge on any atom is -0.267 e. The molecule has 0 saturated heterocycles. The van der Waals surface area contributed by atoms with Gasteiger partial charge in [-0.25, -0.2) is 4.39 Å². The molecule has 2 aromatic carbocycles. The molecule has 2 N–H and O–H groups in total. The predicted molar refractivity (Wildman–Crippen MR) is 82.1 cm³/mol. The molecular weight excluding hydrogens is 373 g/mol. The molecule has 0 aliphatic rings. The summed E-state index contributed by atoms with van der Waals surface area (Å²) in [5.74, 6) is -2.38. The van der Waals surface area contributed by atoms with Gasteiger partial charge in [0.05, 0.1) is 10.5 Å². The van der Waals surface area contributed by atoms with E-state index in [1.54, 1.807) is 0 Å². The zero-order valence-electron chi connectivity index (χ0n) is 11.4. The fourth-order valence-electron chi connectivity index (χ4n) is 1.69. The number of halogens is 2. The van der Waals surface area contributed by atoms with Crippen LogP contribution in [0.3, 0.4) is 0 Å². The Morgan fingerprint density at radius 3 is 2.43 bits per heavy atom. The monoisotopic (exact) mass is 381 g/mol. The van der Waals surface area contributed by atoms with Crippen LogP contribution in [0.25, 0.3) is 0 Å². The molecule has 7 nitrogen and oxygen atoms in total. The molecule has 23 heavy (non-hydrogen) atoms. The third kappa shape index (κ3) is 4.10. The maximum Gasteiger partial charge on any atom is 0.272 e. The molecule has 0 radical (unpaired) electrons. The van der Waals surface area contributed by atoms with Crippen LogP contribution in [-0.2, 0) is 0 Å². The topological polar surface area (TPSA) is 101 Å². The average molecular weight is 382 g/mol. The first-order chi connectivity index (χ1) is 10.9. The Labute approximate surface area is 137 Å². The number of carbonyl (C=O) groups is 2. The fourth-order valence-corrected chi connectivity index (χ4v) is 2.02. The molecule has 2 amide bonds. The molecule has 2 aromatic rings. The number of carbonyl (C=O) groups excluding carboxylic acids is 2. The normalized spacial score (nSPS) is 10.0. The van der Waals surface area contributed by atoms with Gasteiger partial charge < -0.3 is 0 Å². The van der Waals surface area contributed by atoms with E-state index in [4.69, 9.17) is 0 Å². The zero-order valence-corrected chi connectivity index (χ0v) is 13.0. The molecule has 9 heteroatoms. The smallest absolute Gasteiger partial charge is 0.267 e. The van der Waals surface area contributed by atoms with Gasteiger partial charge in [0.2, 0.25) is 0 Å². The van der Waals surface area contributed by atoms with Gasteiger partial charge in [-0.3, -0.25) is 30.6 Å². The summed E-state index contributed by atoms with van der Waals surface area (Å²) < 4.78 is 14.1. The quantitative estimate of drug-likeness (QED) is 0.629. The van der Waals surface area contributed by atoms with E-state index in [2.05, 4.69) is 21.4 Å². The van der Waals surface area contributed by atoms with Crippen molar-refractivity contribution >= 4 is 33.4 Å². The molecule has 2 rings (SSSR count). The highest BCUT2D eigenvalue weighted by Gasteiger charge is 2.15. The van der Waals surface area contributed by atoms with E-state index in [-0.39, 0.29) is 16.8 Å². The van der Waals surface area contributed by atoms with E-state index >= 15 is 0 Å². The number of hydrogen-bond acceptors (Lipinski definition) is 4. The Hall–Kier alpha value is -2.81. The molecule has 0 aromatic heterocycles. The summed E-state index contributed by atoms with van der Waals surface area (Å²) in [5.41, 5.74) is 3.57. The Bertz CT molecular complexity index is 797. The number of hydrazine groups is 1. The lowest BCUT2D eigenvalue weighted by Crippen LogP contribution is -2.41. The molecule has 0 atom stereocenters. The first kappa shape index (κ1) is 16.6. The van der Waals surface area contributed by atoms with Crippen molar-refractivity contribution in [2.75, 3.05) is 0 Å². The Kier molecular flexibility index (Phi) is 5.02. The lowest BCUT2D eigenvalue weighted by atomic mass is 10.2. The first-order valence-electron chi connectivity index (χ1n) is 6.18. The lowest BCUT2D eigenvalue weighted by Gasteiger charge is -2.08. The van der Waals surface area contributed by atoms with Crippen LogP contribution < -0.4 is 10.9 Å². The van der Waals surface area contributed by atoms with E-state index < -0.39 is 22.6 Å². The van der Waals surface area contributed by atoms with Crippen LogP contribution in [0.5, 0.6) is 0 Å². The lowest BCUT2D eigenvalue weighted by molar-refractivity contribution is -0.384. The van der Waals surface area contributed by atoms with Crippen molar-refractivity contribution in [2.24, 2.45) is 0 Å². The molecule has 118 valence electrons. The van der Waals surface area contributed by atoms with Crippen molar-refractivity contribution in [1.82, 2.24) is 10.9 Å². The molecule has 0 aliphatic carbocycles. The Morgan fingerprint density at radius 1 is 1.09 bits per heavy atom. The van der Waals surface area contributed by atoms with E-state index in [9.17, 15) is 24.1 Å². The Morgan fingerprint density at radius 2 is 1.78 bits per heavy atom. The van der Waals surface area contributed by atoms with Gasteiger partial charge in [0, 0.05) is 22.2 Å². The molecule has 0 saturated carbocycles. The highest BCUT2D eigenvalue weighted by atomic mass is 79.9. The average Bonchev–Trinajstić information content (AvgIpc) is 2.52.